The average molecular weight is 339 g/mol. The van der Waals surface area contributed by atoms with Crippen molar-refractivity contribution in [1.29, 1.82) is 0 Å². The van der Waals surface area contributed by atoms with E-state index in [0.29, 0.717) is 23.2 Å². The summed E-state index contributed by atoms with van der Waals surface area (Å²) in [5, 5.41) is 8.65. The molecule has 2 aromatic carbocycles. The van der Waals surface area contributed by atoms with Gasteiger partial charge in [0.05, 0.1) is 0 Å². The number of aliphatic imine (C=N–C) groups is 2. The predicted octanol–water partition coefficient (Wildman–Crippen LogP) is 1.65. The highest BCUT2D eigenvalue weighted by Gasteiger charge is 2.06. The minimum absolute atomic E-state index is 0.209. The van der Waals surface area contributed by atoms with Gasteiger partial charge in [-0.3, -0.25) is 14.8 Å². The summed E-state index contributed by atoms with van der Waals surface area (Å²) in [5.41, 5.74) is 13.9. The van der Waals surface area contributed by atoms with Crippen LogP contribution in [-0.4, -0.2) is 31.9 Å². The lowest BCUT2D eigenvalue weighted by Gasteiger charge is -2.09. The fraction of sp³-hybridized carbons (Fsp3) is 0.118. The zero-order valence-corrected chi connectivity index (χ0v) is 14.1. The SMILES string of the molecule is CN=C(N)Nc1ccc(NC(=O)c2ccc(NC(N)=NC)cc2)cc1. The summed E-state index contributed by atoms with van der Waals surface area (Å²) in [6.07, 6.45) is 0. The van der Waals surface area contributed by atoms with Gasteiger partial charge in [0.25, 0.3) is 5.91 Å². The molecular formula is C17H21N7O. The molecule has 0 radical (unpaired) electrons. The Morgan fingerprint density at radius 1 is 0.720 bits per heavy atom. The molecule has 0 saturated heterocycles. The quantitative estimate of drug-likeness (QED) is 0.427. The van der Waals surface area contributed by atoms with Gasteiger partial charge >= 0.3 is 0 Å². The van der Waals surface area contributed by atoms with E-state index in [1.807, 2.05) is 0 Å². The van der Waals surface area contributed by atoms with Crippen LogP contribution < -0.4 is 27.4 Å². The second kappa shape index (κ2) is 8.34. The Morgan fingerprint density at radius 2 is 1.08 bits per heavy atom. The molecule has 0 bridgehead atoms. The van der Waals surface area contributed by atoms with Gasteiger partial charge in [-0.25, -0.2) is 0 Å². The molecule has 0 fully saturated rings. The van der Waals surface area contributed by atoms with Crippen LogP contribution in [-0.2, 0) is 0 Å². The highest BCUT2D eigenvalue weighted by atomic mass is 16.1. The van der Waals surface area contributed by atoms with Crippen LogP contribution >= 0.6 is 0 Å². The first-order chi connectivity index (χ1) is 12.0. The summed E-state index contributed by atoms with van der Waals surface area (Å²) >= 11 is 0. The van der Waals surface area contributed by atoms with Crippen molar-refractivity contribution in [1.82, 2.24) is 0 Å². The summed E-state index contributed by atoms with van der Waals surface area (Å²) < 4.78 is 0. The first kappa shape index (κ1) is 17.8. The Balaban J connectivity index is 1.99. The Morgan fingerprint density at radius 3 is 1.48 bits per heavy atom. The largest absolute Gasteiger partial charge is 0.370 e. The van der Waals surface area contributed by atoms with Crippen LogP contribution in [0.1, 0.15) is 10.4 Å². The smallest absolute Gasteiger partial charge is 0.255 e. The number of rotatable bonds is 4. The molecule has 2 rings (SSSR count). The number of carbonyl (C=O) groups is 1. The van der Waals surface area contributed by atoms with Crippen LogP contribution in [0.3, 0.4) is 0 Å². The van der Waals surface area contributed by atoms with Crippen molar-refractivity contribution in [2.45, 2.75) is 0 Å². The van der Waals surface area contributed by atoms with Gasteiger partial charge in [0.2, 0.25) is 0 Å². The first-order valence-electron chi connectivity index (χ1n) is 7.52. The predicted molar refractivity (Wildman–Crippen MR) is 103 cm³/mol. The topological polar surface area (TPSA) is 130 Å². The van der Waals surface area contributed by atoms with Crippen molar-refractivity contribution in [2.75, 3.05) is 30.0 Å². The Labute approximate surface area is 146 Å². The third-order valence-electron chi connectivity index (χ3n) is 3.32. The van der Waals surface area contributed by atoms with Crippen LogP contribution in [0.4, 0.5) is 17.1 Å². The fourth-order valence-corrected chi connectivity index (χ4v) is 1.95. The molecule has 0 aliphatic carbocycles. The Kier molecular flexibility index (Phi) is 5.94. The van der Waals surface area contributed by atoms with E-state index in [4.69, 9.17) is 11.5 Å². The van der Waals surface area contributed by atoms with Crippen LogP contribution in [0.2, 0.25) is 0 Å². The lowest BCUT2D eigenvalue weighted by atomic mass is 10.2. The number of guanidine groups is 2. The Hall–Kier alpha value is -3.55. The monoisotopic (exact) mass is 339 g/mol. The van der Waals surface area contributed by atoms with E-state index in [1.54, 1.807) is 62.6 Å². The number of nitrogens with one attached hydrogen (secondary N) is 3. The van der Waals surface area contributed by atoms with Crippen molar-refractivity contribution < 1.29 is 4.79 Å². The van der Waals surface area contributed by atoms with E-state index in [9.17, 15) is 4.79 Å². The number of amides is 1. The summed E-state index contributed by atoms with van der Waals surface area (Å²) in [6.45, 7) is 0. The van der Waals surface area contributed by atoms with Gasteiger partial charge in [-0.05, 0) is 48.5 Å². The van der Waals surface area contributed by atoms with Crippen molar-refractivity contribution in [3.63, 3.8) is 0 Å². The summed E-state index contributed by atoms with van der Waals surface area (Å²) in [4.78, 5) is 19.9. The van der Waals surface area contributed by atoms with Gasteiger partial charge in [-0.2, -0.15) is 0 Å². The highest BCUT2D eigenvalue weighted by Crippen LogP contribution is 2.15. The van der Waals surface area contributed by atoms with Gasteiger partial charge in [-0.15, -0.1) is 0 Å². The van der Waals surface area contributed by atoms with E-state index >= 15 is 0 Å². The number of benzene rings is 2. The minimum atomic E-state index is -0.209. The van der Waals surface area contributed by atoms with Gasteiger partial charge < -0.3 is 27.4 Å². The lowest BCUT2D eigenvalue weighted by Crippen LogP contribution is -2.22. The molecule has 0 spiro atoms. The molecule has 0 heterocycles. The van der Waals surface area contributed by atoms with Crippen LogP contribution in [0.25, 0.3) is 0 Å². The van der Waals surface area contributed by atoms with E-state index in [2.05, 4.69) is 25.9 Å². The number of carbonyl (C=O) groups excluding carboxylic acids is 1. The van der Waals surface area contributed by atoms with Crippen molar-refractivity contribution in [3.05, 3.63) is 54.1 Å². The minimum Gasteiger partial charge on any atom is -0.370 e. The molecule has 7 N–H and O–H groups in total. The standard InChI is InChI=1S/C17H21N7O/c1-20-16(18)23-13-5-3-11(4-6-13)15(25)22-12-7-9-14(10-8-12)24-17(19)21-2/h3-10H,1-2H3,(H,22,25)(H3,18,20,23)(H3,19,21,24). The van der Waals surface area contributed by atoms with Gasteiger partial charge in [0.15, 0.2) is 11.9 Å². The second-order valence-corrected chi connectivity index (χ2v) is 5.08. The van der Waals surface area contributed by atoms with Crippen molar-refractivity contribution >= 4 is 34.9 Å². The third kappa shape index (κ3) is 5.24. The maximum Gasteiger partial charge on any atom is 0.255 e. The summed E-state index contributed by atoms with van der Waals surface area (Å²) in [5.74, 6) is 0.415. The zero-order chi connectivity index (χ0) is 18.2. The molecular weight excluding hydrogens is 318 g/mol. The van der Waals surface area contributed by atoms with Crippen molar-refractivity contribution in [3.8, 4) is 0 Å². The second-order valence-electron chi connectivity index (χ2n) is 5.08. The van der Waals surface area contributed by atoms with E-state index in [1.165, 1.54) is 0 Å². The molecule has 8 nitrogen and oxygen atoms in total. The van der Waals surface area contributed by atoms with E-state index in [0.717, 1.165) is 11.4 Å². The molecule has 0 unspecified atom stereocenters. The van der Waals surface area contributed by atoms with Crippen LogP contribution in [0, 0.1) is 0 Å². The number of anilines is 3. The normalized spacial score (nSPS) is 11.8. The van der Waals surface area contributed by atoms with Crippen LogP contribution in [0.15, 0.2) is 58.5 Å². The molecule has 25 heavy (non-hydrogen) atoms. The average Bonchev–Trinajstić information content (AvgIpc) is 2.63. The van der Waals surface area contributed by atoms with Crippen molar-refractivity contribution in [2.24, 2.45) is 21.5 Å². The molecule has 1 amide bonds. The molecule has 0 aromatic heterocycles. The number of hydrogen-bond acceptors (Lipinski definition) is 3. The third-order valence-corrected chi connectivity index (χ3v) is 3.32. The summed E-state index contributed by atoms with van der Waals surface area (Å²) in [6, 6.07) is 14.1. The molecule has 2 aromatic rings. The first-order valence-corrected chi connectivity index (χ1v) is 7.52. The molecule has 130 valence electrons. The molecule has 0 aliphatic heterocycles. The molecule has 0 aliphatic rings. The number of hydrogen-bond donors (Lipinski definition) is 5. The zero-order valence-electron chi connectivity index (χ0n) is 14.1. The van der Waals surface area contributed by atoms with Gasteiger partial charge in [0, 0.05) is 36.7 Å². The molecule has 0 atom stereocenters. The van der Waals surface area contributed by atoms with Gasteiger partial charge in [0.1, 0.15) is 0 Å². The highest BCUT2D eigenvalue weighted by molar-refractivity contribution is 6.05. The van der Waals surface area contributed by atoms with Gasteiger partial charge in [-0.1, -0.05) is 0 Å². The van der Waals surface area contributed by atoms with E-state index in [-0.39, 0.29) is 5.91 Å². The maximum atomic E-state index is 12.3. The summed E-state index contributed by atoms with van der Waals surface area (Å²) in [7, 11) is 3.19. The van der Waals surface area contributed by atoms with Crippen LogP contribution in [0.5, 0.6) is 0 Å². The molecule has 8 heteroatoms. The Bertz CT molecular complexity index is 780. The lowest BCUT2D eigenvalue weighted by molar-refractivity contribution is 0.102. The number of nitrogens with two attached hydrogens (primary N) is 2. The molecule has 0 saturated carbocycles. The van der Waals surface area contributed by atoms with E-state index < -0.39 is 0 Å². The number of nitrogens with zero attached hydrogens (tertiary/aromatic N) is 2. The maximum absolute atomic E-state index is 12.3. The fourth-order valence-electron chi connectivity index (χ4n) is 1.95.